The van der Waals surface area contributed by atoms with E-state index in [4.69, 9.17) is 4.42 Å². The Labute approximate surface area is 79.8 Å². The van der Waals surface area contributed by atoms with Crippen LogP contribution in [0.1, 0.15) is 10.6 Å². The maximum atomic E-state index is 5.16. The Kier molecular flexibility index (Phi) is 2.68. The van der Waals surface area contributed by atoms with Crippen LogP contribution >= 0.6 is 11.5 Å². The molecule has 5 heteroatoms. The molecule has 0 unspecified atom stereocenters. The summed E-state index contributed by atoms with van der Waals surface area (Å²) in [6.07, 6.45) is 3.44. The first-order valence-electron chi connectivity index (χ1n) is 3.94. The lowest BCUT2D eigenvalue weighted by molar-refractivity contribution is 0.483. The van der Waals surface area contributed by atoms with E-state index >= 15 is 0 Å². The van der Waals surface area contributed by atoms with Gasteiger partial charge in [0.1, 0.15) is 5.76 Å². The molecule has 0 spiro atoms. The lowest BCUT2D eigenvalue weighted by atomic mass is 10.4. The van der Waals surface area contributed by atoms with Gasteiger partial charge >= 0.3 is 0 Å². The molecule has 13 heavy (non-hydrogen) atoms. The van der Waals surface area contributed by atoms with Gasteiger partial charge in [-0.05, 0) is 23.7 Å². The van der Waals surface area contributed by atoms with Gasteiger partial charge in [-0.15, -0.1) is 5.10 Å². The summed E-state index contributed by atoms with van der Waals surface area (Å²) in [6, 6.07) is 3.82. The van der Waals surface area contributed by atoms with Crippen LogP contribution in [0.2, 0.25) is 0 Å². The van der Waals surface area contributed by atoms with Gasteiger partial charge in [0.05, 0.1) is 23.9 Å². The molecule has 2 heterocycles. The normalized spacial score (nSPS) is 10.5. The van der Waals surface area contributed by atoms with Gasteiger partial charge in [0, 0.05) is 6.54 Å². The van der Waals surface area contributed by atoms with Crippen LogP contribution in [0.5, 0.6) is 0 Å². The van der Waals surface area contributed by atoms with Crippen molar-refractivity contribution in [3.05, 3.63) is 35.2 Å². The van der Waals surface area contributed by atoms with E-state index in [1.165, 1.54) is 11.5 Å². The van der Waals surface area contributed by atoms with E-state index in [1.807, 2.05) is 12.1 Å². The molecule has 0 radical (unpaired) electrons. The number of nitrogens with zero attached hydrogens (tertiary/aromatic N) is 2. The van der Waals surface area contributed by atoms with Gasteiger partial charge in [0.2, 0.25) is 0 Å². The summed E-state index contributed by atoms with van der Waals surface area (Å²) in [5, 5.41) is 6.97. The van der Waals surface area contributed by atoms with Crippen LogP contribution in [0.15, 0.2) is 29.0 Å². The average Bonchev–Trinajstić information content (AvgIpc) is 2.75. The zero-order chi connectivity index (χ0) is 8.93. The molecule has 0 fully saturated rings. The molecule has 0 bridgehead atoms. The van der Waals surface area contributed by atoms with E-state index in [0.717, 1.165) is 23.7 Å². The largest absolute Gasteiger partial charge is 0.468 e. The van der Waals surface area contributed by atoms with E-state index < -0.39 is 0 Å². The zero-order valence-corrected chi connectivity index (χ0v) is 7.75. The highest BCUT2D eigenvalue weighted by atomic mass is 32.1. The lowest BCUT2D eigenvalue weighted by Crippen LogP contribution is -2.10. The number of nitrogens with one attached hydrogen (secondary N) is 1. The van der Waals surface area contributed by atoms with Crippen LogP contribution < -0.4 is 5.32 Å². The molecule has 0 saturated carbocycles. The van der Waals surface area contributed by atoms with Crippen LogP contribution in [-0.4, -0.2) is 9.59 Å². The van der Waals surface area contributed by atoms with Crippen molar-refractivity contribution in [2.75, 3.05) is 0 Å². The number of aromatic nitrogens is 2. The van der Waals surface area contributed by atoms with E-state index in [9.17, 15) is 0 Å². The van der Waals surface area contributed by atoms with Crippen molar-refractivity contribution in [1.82, 2.24) is 14.9 Å². The summed E-state index contributed by atoms with van der Waals surface area (Å²) in [5.41, 5.74) is 0. The summed E-state index contributed by atoms with van der Waals surface area (Å²) in [7, 11) is 0. The van der Waals surface area contributed by atoms with Gasteiger partial charge in [-0.3, -0.25) is 0 Å². The van der Waals surface area contributed by atoms with Crippen molar-refractivity contribution in [3.63, 3.8) is 0 Å². The molecule has 68 valence electrons. The molecule has 0 aliphatic heterocycles. The molecule has 1 N–H and O–H groups in total. The van der Waals surface area contributed by atoms with E-state index in [1.54, 1.807) is 12.5 Å². The third-order valence-corrected chi connectivity index (χ3v) is 2.25. The van der Waals surface area contributed by atoms with Crippen molar-refractivity contribution in [2.24, 2.45) is 0 Å². The fourth-order valence-corrected chi connectivity index (χ4v) is 1.45. The van der Waals surface area contributed by atoms with Crippen molar-refractivity contribution in [2.45, 2.75) is 13.1 Å². The summed E-state index contributed by atoms with van der Waals surface area (Å²) in [6.45, 7) is 1.53. The molecule has 0 amide bonds. The molecule has 0 aliphatic rings. The van der Waals surface area contributed by atoms with Gasteiger partial charge in [0.15, 0.2) is 0 Å². The first kappa shape index (κ1) is 8.40. The van der Waals surface area contributed by atoms with Crippen molar-refractivity contribution in [3.8, 4) is 0 Å². The number of hydrogen-bond acceptors (Lipinski definition) is 5. The maximum absolute atomic E-state index is 5.16. The number of rotatable bonds is 4. The Morgan fingerprint density at radius 2 is 2.46 bits per heavy atom. The third-order valence-electron chi connectivity index (χ3n) is 1.59. The molecular weight excluding hydrogens is 186 g/mol. The first-order chi connectivity index (χ1) is 6.45. The topological polar surface area (TPSA) is 51.0 Å². The minimum Gasteiger partial charge on any atom is -0.468 e. The van der Waals surface area contributed by atoms with Crippen molar-refractivity contribution < 1.29 is 4.42 Å². The highest BCUT2D eigenvalue weighted by molar-refractivity contribution is 7.05. The second-order valence-electron chi connectivity index (χ2n) is 2.57. The molecule has 2 rings (SSSR count). The minimum absolute atomic E-state index is 0.741. The minimum atomic E-state index is 0.741. The highest BCUT2D eigenvalue weighted by Gasteiger charge is 1.97. The van der Waals surface area contributed by atoms with Crippen LogP contribution in [0, 0.1) is 0 Å². The van der Waals surface area contributed by atoms with Gasteiger partial charge in [-0.25, -0.2) is 0 Å². The smallest absolute Gasteiger partial charge is 0.117 e. The van der Waals surface area contributed by atoms with Crippen LogP contribution in [0.25, 0.3) is 0 Å². The third kappa shape index (κ3) is 2.37. The maximum Gasteiger partial charge on any atom is 0.117 e. The summed E-state index contributed by atoms with van der Waals surface area (Å²) < 4.78 is 8.93. The fraction of sp³-hybridized carbons (Fsp3) is 0.250. The quantitative estimate of drug-likeness (QED) is 0.801. The molecule has 0 aromatic carbocycles. The van der Waals surface area contributed by atoms with E-state index in [0.29, 0.717) is 0 Å². The van der Waals surface area contributed by atoms with Gasteiger partial charge in [-0.2, -0.15) is 0 Å². The van der Waals surface area contributed by atoms with Crippen LogP contribution in [0.4, 0.5) is 0 Å². The Morgan fingerprint density at radius 1 is 1.46 bits per heavy atom. The van der Waals surface area contributed by atoms with Gasteiger partial charge in [-0.1, -0.05) is 4.49 Å². The zero-order valence-electron chi connectivity index (χ0n) is 6.93. The Morgan fingerprint density at radius 3 is 3.15 bits per heavy atom. The molecule has 2 aromatic rings. The molecule has 2 aromatic heterocycles. The van der Waals surface area contributed by atoms with Gasteiger partial charge < -0.3 is 9.73 Å². The van der Waals surface area contributed by atoms with Gasteiger partial charge in [0.25, 0.3) is 0 Å². The summed E-state index contributed by atoms with van der Waals surface area (Å²) >= 11 is 1.41. The lowest BCUT2D eigenvalue weighted by Gasteiger charge is -1.97. The Balaban J connectivity index is 1.76. The van der Waals surface area contributed by atoms with E-state index in [2.05, 4.69) is 14.9 Å². The summed E-state index contributed by atoms with van der Waals surface area (Å²) in [5.74, 6) is 0.942. The van der Waals surface area contributed by atoms with E-state index in [-0.39, 0.29) is 0 Å². The van der Waals surface area contributed by atoms with Crippen molar-refractivity contribution in [1.29, 1.82) is 0 Å². The second-order valence-corrected chi connectivity index (χ2v) is 3.44. The Hall–Kier alpha value is -1.20. The summed E-state index contributed by atoms with van der Waals surface area (Å²) in [4.78, 5) is 1.13. The Bertz CT molecular complexity index is 296. The molecule has 0 atom stereocenters. The monoisotopic (exact) mass is 195 g/mol. The molecule has 4 nitrogen and oxygen atoms in total. The van der Waals surface area contributed by atoms with Crippen molar-refractivity contribution >= 4 is 11.5 Å². The van der Waals surface area contributed by atoms with Crippen LogP contribution in [0.3, 0.4) is 0 Å². The molecular formula is C8H9N3OS. The second kappa shape index (κ2) is 4.15. The fourth-order valence-electron chi connectivity index (χ4n) is 0.988. The number of furan rings is 1. The highest BCUT2D eigenvalue weighted by Crippen LogP contribution is 2.02. The molecule has 0 saturated heterocycles. The first-order valence-corrected chi connectivity index (χ1v) is 4.72. The standard InChI is InChI=1S/C8H9N3OS/c1-2-7(12-3-1)4-9-5-8-6-10-11-13-8/h1-3,6,9H,4-5H2. The number of hydrogen-bond donors (Lipinski definition) is 1. The average molecular weight is 195 g/mol. The SMILES string of the molecule is c1coc(CNCc2cnns2)c1. The predicted octanol–water partition coefficient (Wildman–Crippen LogP) is 1.42. The molecule has 0 aliphatic carbocycles. The predicted molar refractivity (Wildman–Crippen MR) is 49.2 cm³/mol. The van der Waals surface area contributed by atoms with Crippen LogP contribution in [-0.2, 0) is 13.1 Å².